The molecule has 3 aromatic heterocycles. The van der Waals surface area contributed by atoms with Gasteiger partial charge in [-0.3, -0.25) is 9.59 Å². The number of thiophene rings is 1. The van der Waals surface area contributed by atoms with Gasteiger partial charge in [-0.2, -0.15) is 0 Å². The molecule has 0 fully saturated rings. The highest BCUT2D eigenvalue weighted by atomic mass is 32.1. The van der Waals surface area contributed by atoms with Crippen molar-refractivity contribution >= 4 is 28.2 Å². The second kappa shape index (κ2) is 7.21. The fourth-order valence-corrected chi connectivity index (χ4v) is 4.42. The smallest absolute Gasteiger partial charge is 0.291 e. The second-order valence-electron chi connectivity index (χ2n) is 6.11. The van der Waals surface area contributed by atoms with Crippen molar-refractivity contribution in [2.24, 2.45) is 0 Å². The molecule has 0 radical (unpaired) electrons. The normalized spacial score (nSPS) is 13.2. The third kappa shape index (κ3) is 3.30. The van der Waals surface area contributed by atoms with E-state index in [4.69, 9.17) is 8.83 Å². The molecule has 3 heterocycles. The fraction of sp³-hybridized carbons (Fsp3) is 0.263. The summed E-state index contributed by atoms with van der Waals surface area (Å²) in [5.74, 6) is 0.353. The Labute approximate surface area is 154 Å². The van der Waals surface area contributed by atoms with Crippen LogP contribution in [0.1, 0.15) is 50.0 Å². The molecule has 0 bridgehead atoms. The maximum atomic E-state index is 12.8. The summed E-state index contributed by atoms with van der Waals surface area (Å²) in [5.41, 5.74) is 1.61. The van der Waals surface area contributed by atoms with Crippen LogP contribution in [0, 0.1) is 0 Å². The summed E-state index contributed by atoms with van der Waals surface area (Å²) >= 11 is 1.48. The molecule has 134 valence electrons. The average Bonchev–Trinajstić information content (AvgIpc) is 3.39. The summed E-state index contributed by atoms with van der Waals surface area (Å²) in [4.78, 5) is 26.4. The van der Waals surface area contributed by atoms with E-state index in [0.29, 0.717) is 22.9 Å². The maximum absolute atomic E-state index is 12.8. The van der Waals surface area contributed by atoms with Gasteiger partial charge in [-0.15, -0.1) is 11.3 Å². The number of aryl methyl sites for hydroxylation is 1. The lowest BCUT2D eigenvalue weighted by molar-refractivity contribution is 0.0948. The van der Waals surface area contributed by atoms with Crippen molar-refractivity contribution in [3.8, 4) is 0 Å². The van der Waals surface area contributed by atoms with Crippen LogP contribution in [0.5, 0.6) is 0 Å². The molecule has 0 unspecified atom stereocenters. The molecule has 26 heavy (non-hydrogen) atoms. The van der Waals surface area contributed by atoms with E-state index >= 15 is 0 Å². The van der Waals surface area contributed by atoms with Gasteiger partial charge in [0.15, 0.2) is 5.76 Å². The first-order chi connectivity index (χ1) is 12.7. The summed E-state index contributed by atoms with van der Waals surface area (Å²) in [6, 6.07) is 6.84. The van der Waals surface area contributed by atoms with Crippen LogP contribution >= 0.6 is 11.3 Å². The molecule has 2 amide bonds. The van der Waals surface area contributed by atoms with Crippen LogP contribution in [0.15, 0.2) is 45.6 Å². The number of amides is 2. The minimum Gasteiger partial charge on any atom is -0.467 e. The third-order valence-corrected chi connectivity index (χ3v) is 5.58. The van der Waals surface area contributed by atoms with Gasteiger partial charge in [0.05, 0.1) is 24.6 Å². The Kier molecular flexibility index (Phi) is 4.62. The highest BCUT2D eigenvalue weighted by Gasteiger charge is 2.27. The molecule has 0 aliphatic heterocycles. The van der Waals surface area contributed by atoms with Crippen molar-refractivity contribution in [1.29, 1.82) is 0 Å². The average molecular weight is 370 g/mol. The zero-order valence-electron chi connectivity index (χ0n) is 14.0. The van der Waals surface area contributed by atoms with Gasteiger partial charge in [-0.25, -0.2) is 0 Å². The second-order valence-corrected chi connectivity index (χ2v) is 7.21. The van der Waals surface area contributed by atoms with E-state index < -0.39 is 0 Å². The lowest BCUT2D eigenvalue weighted by Gasteiger charge is -2.13. The summed E-state index contributed by atoms with van der Waals surface area (Å²) in [6.07, 6.45) is 6.97. The Balaban J connectivity index is 1.59. The standard InChI is InChI=1S/C19H18N2O4S/c22-17(14-7-4-10-25-14)21-19-16(13-6-1-2-8-15(13)26-19)18(23)20-11-12-5-3-9-24-12/h3-5,7,9-10H,1-2,6,8,11H2,(H,20,23)(H,21,22). The SMILES string of the molecule is O=C(Nc1sc2c(c1C(=O)NCc1ccco1)CCCC2)c1ccco1. The minimum atomic E-state index is -0.353. The topological polar surface area (TPSA) is 84.5 Å². The predicted octanol–water partition coefficient (Wildman–Crippen LogP) is 4.00. The molecule has 0 saturated heterocycles. The van der Waals surface area contributed by atoms with Crippen molar-refractivity contribution in [2.45, 2.75) is 32.2 Å². The van der Waals surface area contributed by atoms with Crippen molar-refractivity contribution in [2.75, 3.05) is 5.32 Å². The van der Waals surface area contributed by atoms with Gasteiger partial charge >= 0.3 is 0 Å². The van der Waals surface area contributed by atoms with E-state index in [1.807, 2.05) is 6.07 Å². The first kappa shape index (κ1) is 16.7. The molecule has 4 rings (SSSR count). The molecule has 3 aromatic rings. The molecule has 0 aromatic carbocycles. The molecular formula is C19H18N2O4S. The number of carbonyl (C=O) groups excluding carboxylic acids is 2. The summed E-state index contributed by atoms with van der Waals surface area (Å²) in [5, 5.41) is 6.31. The van der Waals surface area contributed by atoms with Gasteiger partial charge in [0.25, 0.3) is 11.8 Å². The van der Waals surface area contributed by atoms with Gasteiger partial charge in [0, 0.05) is 4.88 Å². The van der Waals surface area contributed by atoms with E-state index in [9.17, 15) is 9.59 Å². The summed E-state index contributed by atoms with van der Waals surface area (Å²) in [7, 11) is 0. The number of fused-ring (bicyclic) bond motifs is 1. The number of furan rings is 2. The van der Waals surface area contributed by atoms with Gasteiger partial charge in [-0.05, 0) is 55.5 Å². The molecule has 6 nitrogen and oxygen atoms in total. The van der Waals surface area contributed by atoms with E-state index in [0.717, 1.165) is 31.2 Å². The predicted molar refractivity (Wildman–Crippen MR) is 97.5 cm³/mol. The van der Waals surface area contributed by atoms with Crippen LogP contribution in [0.2, 0.25) is 0 Å². The van der Waals surface area contributed by atoms with E-state index in [1.165, 1.54) is 22.5 Å². The van der Waals surface area contributed by atoms with Gasteiger partial charge in [-0.1, -0.05) is 0 Å². The molecule has 0 atom stereocenters. The number of hydrogen-bond acceptors (Lipinski definition) is 5. The molecule has 7 heteroatoms. The van der Waals surface area contributed by atoms with Crippen LogP contribution in [0.25, 0.3) is 0 Å². The number of anilines is 1. The highest BCUT2D eigenvalue weighted by molar-refractivity contribution is 7.17. The number of hydrogen-bond donors (Lipinski definition) is 2. The van der Waals surface area contributed by atoms with Gasteiger partial charge in [0.1, 0.15) is 10.8 Å². The molecule has 1 aliphatic rings. The zero-order chi connectivity index (χ0) is 17.9. The summed E-state index contributed by atoms with van der Waals surface area (Å²) < 4.78 is 10.4. The minimum absolute atomic E-state index is 0.199. The highest BCUT2D eigenvalue weighted by Crippen LogP contribution is 2.38. The van der Waals surface area contributed by atoms with Crippen LogP contribution in [0.3, 0.4) is 0 Å². The van der Waals surface area contributed by atoms with Crippen LogP contribution in [-0.4, -0.2) is 11.8 Å². The Morgan fingerprint density at radius 2 is 1.85 bits per heavy atom. The van der Waals surface area contributed by atoms with E-state index in [1.54, 1.807) is 24.5 Å². The van der Waals surface area contributed by atoms with Crippen molar-refractivity contribution in [3.63, 3.8) is 0 Å². The number of rotatable bonds is 5. The Morgan fingerprint density at radius 3 is 2.62 bits per heavy atom. The lowest BCUT2D eigenvalue weighted by Crippen LogP contribution is -2.25. The van der Waals surface area contributed by atoms with Crippen molar-refractivity contribution in [1.82, 2.24) is 5.32 Å². The number of carbonyl (C=O) groups is 2. The first-order valence-corrected chi connectivity index (χ1v) is 9.34. The monoisotopic (exact) mass is 370 g/mol. The van der Waals surface area contributed by atoms with Gasteiger partial charge in [0.2, 0.25) is 0 Å². The first-order valence-electron chi connectivity index (χ1n) is 8.52. The van der Waals surface area contributed by atoms with Crippen LogP contribution in [-0.2, 0) is 19.4 Å². The lowest BCUT2D eigenvalue weighted by atomic mass is 9.95. The molecule has 2 N–H and O–H groups in total. The molecular weight excluding hydrogens is 352 g/mol. The van der Waals surface area contributed by atoms with Crippen molar-refractivity contribution < 1.29 is 18.4 Å². The Bertz CT molecular complexity index is 910. The Hall–Kier alpha value is -2.80. The van der Waals surface area contributed by atoms with Crippen LogP contribution < -0.4 is 10.6 Å². The largest absolute Gasteiger partial charge is 0.467 e. The van der Waals surface area contributed by atoms with Crippen LogP contribution in [0.4, 0.5) is 5.00 Å². The van der Waals surface area contributed by atoms with E-state index in [2.05, 4.69) is 10.6 Å². The quantitative estimate of drug-likeness (QED) is 0.711. The maximum Gasteiger partial charge on any atom is 0.291 e. The van der Waals surface area contributed by atoms with Crippen molar-refractivity contribution in [3.05, 3.63) is 64.3 Å². The van der Waals surface area contributed by atoms with Gasteiger partial charge < -0.3 is 19.5 Å². The molecule has 0 spiro atoms. The van der Waals surface area contributed by atoms with E-state index in [-0.39, 0.29) is 17.6 Å². The number of nitrogens with one attached hydrogen (secondary N) is 2. The molecule has 1 aliphatic carbocycles. The Morgan fingerprint density at radius 1 is 1.04 bits per heavy atom. The summed E-state index contributed by atoms with van der Waals surface area (Å²) in [6.45, 7) is 0.308. The molecule has 0 saturated carbocycles. The third-order valence-electron chi connectivity index (χ3n) is 4.37. The fourth-order valence-electron chi connectivity index (χ4n) is 3.14. The zero-order valence-corrected chi connectivity index (χ0v) is 14.9.